The van der Waals surface area contributed by atoms with Crippen molar-refractivity contribution in [1.29, 1.82) is 0 Å². The number of hydrogen-bond donors (Lipinski definition) is 2. The van der Waals surface area contributed by atoms with Crippen molar-refractivity contribution in [1.82, 2.24) is 5.32 Å². The Bertz CT molecular complexity index is 822. The molecule has 1 unspecified atom stereocenters. The Morgan fingerprint density at radius 3 is 2.32 bits per heavy atom. The van der Waals surface area contributed by atoms with Gasteiger partial charge in [0.05, 0.1) is 5.75 Å². The Morgan fingerprint density at radius 2 is 1.68 bits per heavy atom. The van der Waals surface area contributed by atoms with Gasteiger partial charge in [0.2, 0.25) is 11.8 Å². The van der Waals surface area contributed by atoms with Crippen LogP contribution < -0.4 is 10.6 Å². The monoisotopic (exact) mass is 353 g/mol. The fourth-order valence-corrected chi connectivity index (χ4v) is 3.01. The average Bonchev–Trinajstić information content (AvgIpc) is 2.61. The number of carbonyl (C=O) groups excluding carboxylic acids is 3. The van der Waals surface area contributed by atoms with Crippen LogP contribution in [0.5, 0.6) is 0 Å². The van der Waals surface area contributed by atoms with Crippen molar-refractivity contribution in [2.75, 3.05) is 11.1 Å². The SMILES string of the molecule is O=C(CSC1=NC(=O)C(c2ccccc2)C(=O)N1)Nc1ccccc1. The molecule has 2 aromatic rings. The Morgan fingerprint density at radius 1 is 1.04 bits per heavy atom. The van der Waals surface area contributed by atoms with E-state index in [2.05, 4.69) is 15.6 Å². The molecule has 0 fully saturated rings. The normalized spacial score (nSPS) is 16.8. The predicted molar refractivity (Wildman–Crippen MR) is 97.3 cm³/mol. The molecule has 7 heteroatoms. The number of benzene rings is 2. The molecule has 1 atom stereocenters. The molecule has 2 aromatic carbocycles. The van der Waals surface area contributed by atoms with Crippen LogP contribution in [0.1, 0.15) is 11.5 Å². The van der Waals surface area contributed by atoms with Crippen molar-refractivity contribution in [2.24, 2.45) is 4.99 Å². The number of rotatable bonds is 4. The minimum atomic E-state index is -0.941. The van der Waals surface area contributed by atoms with Gasteiger partial charge in [-0.2, -0.15) is 4.99 Å². The van der Waals surface area contributed by atoms with Crippen LogP contribution in [0.15, 0.2) is 65.7 Å². The van der Waals surface area contributed by atoms with E-state index < -0.39 is 17.7 Å². The first-order valence-corrected chi connectivity index (χ1v) is 8.58. The summed E-state index contributed by atoms with van der Waals surface area (Å²) in [5.74, 6) is -2.11. The summed E-state index contributed by atoms with van der Waals surface area (Å²) < 4.78 is 0. The van der Waals surface area contributed by atoms with Crippen LogP contribution >= 0.6 is 11.8 Å². The van der Waals surface area contributed by atoms with E-state index in [1.165, 1.54) is 0 Å². The number of thioether (sulfide) groups is 1. The summed E-state index contributed by atoms with van der Waals surface area (Å²) in [6.45, 7) is 0. The average molecular weight is 353 g/mol. The molecule has 6 nitrogen and oxygen atoms in total. The predicted octanol–water partition coefficient (Wildman–Crippen LogP) is 2.15. The van der Waals surface area contributed by atoms with Crippen LogP contribution in [-0.2, 0) is 14.4 Å². The van der Waals surface area contributed by atoms with E-state index in [-0.39, 0.29) is 16.8 Å². The first kappa shape index (κ1) is 16.9. The smallest absolute Gasteiger partial charge is 0.265 e. The van der Waals surface area contributed by atoms with E-state index in [0.29, 0.717) is 11.3 Å². The van der Waals surface area contributed by atoms with Crippen LogP contribution in [-0.4, -0.2) is 28.6 Å². The second kappa shape index (κ2) is 7.76. The minimum Gasteiger partial charge on any atom is -0.325 e. The van der Waals surface area contributed by atoms with Crippen LogP contribution in [0, 0.1) is 0 Å². The summed E-state index contributed by atoms with van der Waals surface area (Å²) in [4.78, 5) is 40.2. The molecule has 3 rings (SSSR count). The van der Waals surface area contributed by atoms with Crippen LogP contribution in [0.3, 0.4) is 0 Å². The van der Waals surface area contributed by atoms with E-state index in [0.717, 1.165) is 11.8 Å². The minimum absolute atomic E-state index is 0.0390. The number of aliphatic imine (C=N–C) groups is 1. The van der Waals surface area contributed by atoms with Gasteiger partial charge in [0.1, 0.15) is 5.92 Å². The fourth-order valence-electron chi connectivity index (χ4n) is 2.34. The summed E-state index contributed by atoms with van der Waals surface area (Å²) in [5.41, 5.74) is 1.28. The number of anilines is 1. The molecule has 126 valence electrons. The molecule has 0 aromatic heterocycles. The lowest BCUT2D eigenvalue weighted by Crippen LogP contribution is -2.41. The molecule has 3 amide bonds. The van der Waals surface area contributed by atoms with Gasteiger partial charge in [-0.3, -0.25) is 14.4 Å². The molecule has 1 heterocycles. The molecule has 0 aliphatic carbocycles. The van der Waals surface area contributed by atoms with E-state index in [1.54, 1.807) is 36.4 Å². The third-order valence-corrected chi connectivity index (χ3v) is 4.35. The Kier molecular flexibility index (Phi) is 5.25. The summed E-state index contributed by atoms with van der Waals surface area (Å²) in [5, 5.41) is 5.46. The maximum absolute atomic E-state index is 12.2. The molecule has 0 radical (unpaired) electrons. The second-order valence-electron chi connectivity index (χ2n) is 5.29. The standard InChI is InChI=1S/C18H15N3O3S/c22-14(19-13-9-5-2-6-10-13)11-25-18-20-16(23)15(17(24)21-18)12-7-3-1-4-8-12/h1-10,15H,11H2,(H,19,22)(H,20,21,23,24). The molecule has 0 spiro atoms. The highest BCUT2D eigenvalue weighted by Gasteiger charge is 2.33. The lowest BCUT2D eigenvalue weighted by atomic mass is 9.97. The van der Waals surface area contributed by atoms with Gasteiger partial charge in [-0.15, -0.1) is 0 Å². The molecule has 1 aliphatic heterocycles. The van der Waals surface area contributed by atoms with Gasteiger partial charge in [0.15, 0.2) is 5.17 Å². The third kappa shape index (κ3) is 4.33. The lowest BCUT2D eigenvalue weighted by molar-refractivity contribution is -0.129. The van der Waals surface area contributed by atoms with Gasteiger partial charge in [0.25, 0.3) is 5.91 Å². The highest BCUT2D eigenvalue weighted by atomic mass is 32.2. The summed E-state index contributed by atoms with van der Waals surface area (Å²) >= 11 is 1.01. The van der Waals surface area contributed by atoms with E-state index in [9.17, 15) is 14.4 Å². The van der Waals surface area contributed by atoms with E-state index >= 15 is 0 Å². The maximum atomic E-state index is 12.2. The van der Waals surface area contributed by atoms with Crippen molar-refractivity contribution in [3.63, 3.8) is 0 Å². The number of nitrogens with one attached hydrogen (secondary N) is 2. The first-order valence-electron chi connectivity index (χ1n) is 7.59. The van der Waals surface area contributed by atoms with E-state index in [1.807, 2.05) is 24.3 Å². The number of carbonyl (C=O) groups is 3. The van der Waals surface area contributed by atoms with Gasteiger partial charge in [-0.25, -0.2) is 0 Å². The summed E-state index contributed by atoms with van der Waals surface area (Å²) in [7, 11) is 0. The van der Waals surface area contributed by atoms with Crippen LogP contribution in [0.2, 0.25) is 0 Å². The number of nitrogens with zero attached hydrogens (tertiary/aromatic N) is 1. The largest absolute Gasteiger partial charge is 0.325 e. The highest BCUT2D eigenvalue weighted by Crippen LogP contribution is 2.22. The Labute approximate surface area is 148 Å². The van der Waals surface area contributed by atoms with Crippen molar-refractivity contribution in [3.8, 4) is 0 Å². The van der Waals surface area contributed by atoms with Crippen molar-refractivity contribution >= 4 is 40.3 Å². The van der Waals surface area contributed by atoms with Crippen molar-refractivity contribution in [2.45, 2.75) is 5.92 Å². The highest BCUT2D eigenvalue weighted by molar-refractivity contribution is 8.14. The van der Waals surface area contributed by atoms with Crippen LogP contribution in [0.4, 0.5) is 5.69 Å². The molecular weight excluding hydrogens is 338 g/mol. The number of hydrogen-bond acceptors (Lipinski definition) is 4. The molecule has 0 saturated heterocycles. The molecule has 2 N–H and O–H groups in total. The topological polar surface area (TPSA) is 87.6 Å². The lowest BCUT2D eigenvalue weighted by Gasteiger charge is -2.19. The zero-order chi connectivity index (χ0) is 17.6. The number of para-hydroxylation sites is 1. The molecular formula is C18H15N3O3S. The number of amides is 3. The quantitative estimate of drug-likeness (QED) is 0.825. The Balaban J connectivity index is 1.60. The third-order valence-electron chi connectivity index (χ3n) is 3.48. The van der Waals surface area contributed by atoms with Gasteiger partial charge in [0, 0.05) is 5.69 Å². The van der Waals surface area contributed by atoms with Gasteiger partial charge >= 0.3 is 0 Å². The van der Waals surface area contributed by atoms with Crippen LogP contribution in [0.25, 0.3) is 0 Å². The first-order chi connectivity index (χ1) is 12.1. The van der Waals surface area contributed by atoms with E-state index in [4.69, 9.17) is 0 Å². The molecule has 1 aliphatic rings. The van der Waals surface area contributed by atoms with Crippen molar-refractivity contribution < 1.29 is 14.4 Å². The van der Waals surface area contributed by atoms with Crippen molar-refractivity contribution in [3.05, 3.63) is 66.2 Å². The Hall–Kier alpha value is -2.93. The fraction of sp³-hybridized carbons (Fsp3) is 0.111. The summed E-state index contributed by atoms with van der Waals surface area (Å²) in [6.07, 6.45) is 0. The zero-order valence-corrected chi connectivity index (χ0v) is 14.0. The second-order valence-corrected chi connectivity index (χ2v) is 6.26. The molecule has 0 bridgehead atoms. The van der Waals surface area contributed by atoms with Gasteiger partial charge in [-0.1, -0.05) is 60.3 Å². The maximum Gasteiger partial charge on any atom is 0.265 e. The number of amidine groups is 1. The van der Waals surface area contributed by atoms with Gasteiger partial charge in [-0.05, 0) is 17.7 Å². The van der Waals surface area contributed by atoms with Gasteiger partial charge < -0.3 is 10.6 Å². The summed E-state index contributed by atoms with van der Waals surface area (Å²) in [6, 6.07) is 17.8. The molecule has 25 heavy (non-hydrogen) atoms. The zero-order valence-electron chi connectivity index (χ0n) is 13.1. The molecule has 0 saturated carbocycles.